The summed E-state index contributed by atoms with van der Waals surface area (Å²) >= 11 is 0. The fraction of sp³-hybridized carbons (Fsp3) is 0.529. The van der Waals surface area contributed by atoms with Crippen LogP contribution in [0.1, 0.15) is 36.8 Å². The molecule has 126 valence electrons. The monoisotopic (exact) mass is 320 g/mol. The molecule has 0 bridgehead atoms. The van der Waals surface area contributed by atoms with Crippen molar-refractivity contribution in [2.75, 3.05) is 13.7 Å². The summed E-state index contributed by atoms with van der Waals surface area (Å²) in [5, 5.41) is 11.9. The first-order valence-electron chi connectivity index (χ1n) is 7.91. The van der Waals surface area contributed by atoms with Gasteiger partial charge in [-0.2, -0.15) is 0 Å². The van der Waals surface area contributed by atoms with E-state index in [1.807, 2.05) is 25.1 Å². The number of methoxy groups -OCH3 is 1. The molecule has 0 unspecified atom stereocenters. The van der Waals surface area contributed by atoms with Crippen LogP contribution in [0.3, 0.4) is 0 Å². The van der Waals surface area contributed by atoms with Gasteiger partial charge in [0, 0.05) is 12.6 Å². The summed E-state index contributed by atoms with van der Waals surface area (Å²) < 4.78 is 5.27. The third kappa shape index (κ3) is 4.61. The van der Waals surface area contributed by atoms with Gasteiger partial charge in [-0.15, -0.1) is 0 Å². The summed E-state index contributed by atoms with van der Waals surface area (Å²) in [6.45, 7) is 2.04. The topological polar surface area (TPSA) is 78.9 Å². The van der Waals surface area contributed by atoms with Crippen LogP contribution in [0.25, 0.3) is 0 Å². The van der Waals surface area contributed by atoms with Crippen molar-refractivity contribution < 1.29 is 19.4 Å². The minimum Gasteiger partial charge on any atom is -0.496 e. The first-order valence-corrected chi connectivity index (χ1v) is 7.91. The first kappa shape index (κ1) is 17.1. The Morgan fingerprint density at radius 2 is 2.04 bits per heavy atom. The Labute approximate surface area is 136 Å². The molecule has 0 aliphatic heterocycles. The van der Waals surface area contributed by atoms with E-state index in [4.69, 9.17) is 9.84 Å². The smallest absolute Gasteiger partial charge is 0.323 e. The second-order valence-electron chi connectivity index (χ2n) is 5.92. The van der Waals surface area contributed by atoms with Crippen LogP contribution >= 0.6 is 0 Å². The van der Waals surface area contributed by atoms with Gasteiger partial charge in [-0.25, -0.2) is 4.79 Å². The highest BCUT2D eigenvalue weighted by Gasteiger charge is 2.28. The van der Waals surface area contributed by atoms with E-state index >= 15 is 0 Å². The number of nitrogens with zero attached hydrogens (tertiary/aromatic N) is 1. The summed E-state index contributed by atoms with van der Waals surface area (Å²) in [5.41, 5.74) is 1.95. The van der Waals surface area contributed by atoms with E-state index in [2.05, 4.69) is 5.32 Å². The molecule has 0 atom stereocenters. The van der Waals surface area contributed by atoms with Crippen LogP contribution in [-0.2, 0) is 11.3 Å². The highest BCUT2D eigenvalue weighted by Crippen LogP contribution is 2.23. The lowest BCUT2D eigenvalue weighted by molar-refractivity contribution is -0.138. The predicted octanol–water partition coefficient (Wildman–Crippen LogP) is 2.54. The summed E-state index contributed by atoms with van der Waals surface area (Å²) in [7, 11) is 1.61. The highest BCUT2D eigenvalue weighted by atomic mass is 16.5. The Hall–Kier alpha value is -2.24. The number of nitrogens with one attached hydrogen (secondary N) is 1. The molecular formula is C17H24N2O4. The van der Waals surface area contributed by atoms with Crippen molar-refractivity contribution in [1.29, 1.82) is 0 Å². The SMILES string of the molecule is COc1cc(CNC(=O)N(CC(=O)O)C2CCCC2)ccc1C. The molecule has 0 saturated heterocycles. The van der Waals surface area contributed by atoms with E-state index in [0.29, 0.717) is 6.54 Å². The van der Waals surface area contributed by atoms with Gasteiger partial charge in [0.05, 0.1) is 7.11 Å². The summed E-state index contributed by atoms with van der Waals surface area (Å²) in [5.74, 6) is -0.209. The number of hydrogen-bond donors (Lipinski definition) is 2. The highest BCUT2D eigenvalue weighted by molar-refractivity contribution is 5.80. The lowest BCUT2D eigenvalue weighted by Crippen LogP contribution is -2.47. The van der Waals surface area contributed by atoms with Crippen LogP contribution in [0.15, 0.2) is 18.2 Å². The Balaban J connectivity index is 1.99. The Morgan fingerprint density at radius 3 is 2.65 bits per heavy atom. The average Bonchev–Trinajstić information content (AvgIpc) is 3.05. The van der Waals surface area contributed by atoms with E-state index in [1.165, 1.54) is 4.90 Å². The average molecular weight is 320 g/mol. The minimum atomic E-state index is -0.982. The number of carbonyl (C=O) groups excluding carboxylic acids is 1. The molecule has 2 amide bonds. The lowest BCUT2D eigenvalue weighted by atomic mass is 10.1. The number of rotatable bonds is 6. The van der Waals surface area contributed by atoms with Crippen LogP contribution in [-0.4, -0.2) is 41.7 Å². The molecular weight excluding hydrogens is 296 g/mol. The van der Waals surface area contributed by atoms with Gasteiger partial charge >= 0.3 is 12.0 Å². The van der Waals surface area contributed by atoms with E-state index < -0.39 is 5.97 Å². The second-order valence-corrected chi connectivity index (χ2v) is 5.92. The normalized spacial score (nSPS) is 14.5. The number of ether oxygens (including phenoxy) is 1. The molecule has 0 radical (unpaired) electrons. The van der Waals surface area contributed by atoms with E-state index in [0.717, 1.165) is 42.6 Å². The van der Waals surface area contributed by atoms with Crippen molar-refractivity contribution in [2.45, 2.75) is 45.2 Å². The molecule has 0 spiro atoms. The van der Waals surface area contributed by atoms with Crippen molar-refractivity contribution in [3.8, 4) is 5.75 Å². The zero-order valence-electron chi connectivity index (χ0n) is 13.7. The number of hydrogen-bond acceptors (Lipinski definition) is 3. The molecule has 2 rings (SSSR count). The third-order valence-corrected chi connectivity index (χ3v) is 4.25. The number of benzene rings is 1. The molecule has 2 N–H and O–H groups in total. The van der Waals surface area contributed by atoms with E-state index in [-0.39, 0.29) is 18.6 Å². The van der Waals surface area contributed by atoms with Crippen molar-refractivity contribution in [1.82, 2.24) is 10.2 Å². The van der Waals surface area contributed by atoms with Crippen molar-refractivity contribution >= 4 is 12.0 Å². The zero-order valence-corrected chi connectivity index (χ0v) is 13.7. The molecule has 23 heavy (non-hydrogen) atoms. The molecule has 1 saturated carbocycles. The van der Waals surface area contributed by atoms with Gasteiger partial charge < -0.3 is 20.1 Å². The fourth-order valence-electron chi connectivity index (χ4n) is 2.98. The van der Waals surface area contributed by atoms with Crippen LogP contribution in [0.2, 0.25) is 0 Å². The van der Waals surface area contributed by atoms with Gasteiger partial charge in [0.2, 0.25) is 0 Å². The Morgan fingerprint density at radius 1 is 1.35 bits per heavy atom. The van der Waals surface area contributed by atoms with E-state index in [1.54, 1.807) is 7.11 Å². The minimum absolute atomic E-state index is 0.0265. The molecule has 1 aliphatic rings. The number of aliphatic carboxylic acids is 1. The molecule has 6 nitrogen and oxygen atoms in total. The molecule has 1 aromatic carbocycles. The number of aryl methyl sites for hydroxylation is 1. The Kier molecular flexibility index (Phi) is 5.84. The first-order chi connectivity index (χ1) is 11.0. The largest absolute Gasteiger partial charge is 0.496 e. The molecule has 0 heterocycles. The van der Waals surface area contributed by atoms with Crippen LogP contribution in [0, 0.1) is 6.92 Å². The number of amides is 2. The fourth-order valence-corrected chi connectivity index (χ4v) is 2.98. The summed E-state index contributed by atoms with van der Waals surface area (Å²) in [6.07, 6.45) is 3.84. The number of carboxylic acids is 1. The van der Waals surface area contributed by atoms with Crippen LogP contribution in [0.5, 0.6) is 5.75 Å². The molecule has 1 aliphatic carbocycles. The van der Waals surface area contributed by atoms with Gasteiger partial charge in [0.25, 0.3) is 0 Å². The second kappa shape index (κ2) is 7.85. The van der Waals surface area contributed by atoms with Gasteiger partial charge in [0.15, 0.2) is 0 Å². The quantitative estimate of drug-likeness (QED) is 0.844. The van der Waals surface area contributed by atoms with Gasteiger partial charge in [0.1, 0.15) is 12.3 Å². The maximum absolute atomic E-state index is 12.4. The van der Waals surface area contributed by atoms with E-state index in [9.17, 15) is 9.59 Å². The maximum atomic E-state index is 12.4. The van der Waals surface area contributed by atoms with Crippen LogP contribution < -0.4 is 10.1 Å². The predicted molar refractivity (Wildman–Crippen MR) is 86.6 cm³/mol. The van der Waals surface area contributed by atoms with Gasteiger partial charge in [-0.05, 0) is 37.0 Å². The third-order valence-electron chi connectivity index (χ3n) is 4.25. The van der Waals surface area contributed by atoms with Crippen LogP contribution in [0.4, 0.5) is 4.79 Å². The lowest BCUT2D eigenvalue weighted by Gasteiger charge is -2.27. The molecule has 1 fully saturated rings. The number of carbonyl (C=O) groups is 2. The van der Waals surface area contributed by atoms with Crippen molar-refractivity contribution in [2.24, 2.45) is 0 Å². The number of urea groups is 1. The van der Waals surface area contributed by atoms with Crippen molar-refractivity contribution in [3.63, 3.8) is 0 Å². The van der Waals surface area contributed by atoms with Crippen molar-refractivity contribution in [3.05, 3.63) is 29.3 Å². The number of carboxylic acid groups (broad SMARTS) is 1. The Bertz CT molecular complexity index is 568. The molecule has 6 heteroatoms. The maximum Gasteiger partial charge on any atom is 0.323 e. The molecule has 1 aromatic rings. The summed E-state index contributed by atoms with van der Waals surface area (Å²) in [4.78, 5) is 24.9. The standard InChI is InChI=1S/C17H24N2O4/c1-12-7-8-13(9-15(12)23-2)10-18-17(22)19(11-16(20)21)14-5-3-4-6-14/h7-9,14H,3-6,10-11H2,1-2H3,(H,18,22)(H,20,21). The van der Waals surface area contributed by atoms with Gasteiger partial charge in [-0.1, -0.05) is 25.0 Å². The zero-order chi connectivity index (χ0) is 16.8. The van der Waals surface area contributed by atoms with Gasteiger partial charge in [-0.3, -0.25) is 4.79 Å². The molecule has 0 aromatic heterocycles. The summed E-state index contributed by atoms with van der Waals surface area (Å²) in [6, 6.07) is 5.45.